The smallest absolute Gasteiger partial charge is 0.249 e. The van der Waals surface area contributed by atoms with Crippen LogP contribution in [-0.2, 0) is 32.6 Å². The number of hydrogen-bond donors (Lipinski definition) is 0. The first-order valence-corrected chi connectivity index (χ1v) is 15.3. The molecule has 0 spiro atoms. The van der Waals surface area contributed by atoms with Gasteiger partial charge in [0.25, 0.3) is 0 Å². The van der Waals surface area contributed by atoms with Crippen molar-refractivity contribution in [3.8, 4) is 5.75 Å². The number of aryl methyl sites for hydroxylation is 1. The average Bonchev–Trinajstić information content (AvgIpc) is 3.34. The molecular formula is C31H42N4O5S. The second-order valence-corrected chi connectivity index (χ2v) is 12.9. The summed E-state index contributed by atoms with van der Waals surface area (Å²) in [4.78, 5) is 17.7. The standard InChI is InChI=1S/C31H42N4O5S/c1-22-19-28(23(2)24(3)31(22)39-7)41(37,38)33(6)17-18-40-21-29(36)35-16-15-34-26(20-32(4)5)13-14-27(34)30(35)25-11-9-8-10-12-25/h8-14,19,30H,15-18,20-21H2,1-7H3. The monoisotopic (exact) mass is 582 g/mol. The third-order valence-corrected chi connectivity index (χ3v) is 9.80. The number of amides is 1. The lowest BCUT2D eigenvalue weighted by molar-refractivity contribution is -0.139. The van der Waals surface area contributed by atoms with Crippen LogP contribution in [0.5, 0.6) is 5.75 Å². The minimum absolute atomic E-state index is 0.0990. The zero-order valence-corrected chi connectivity index (χ0v) is 26.0. The van der Waals surface area contributed by atoms with Gasteiger partial charge < -0.3 is 23.8 Å². The molecule has 0 fully saturated rings. The number of ether oxygens (including phenoxy) is 2. The Balaban J connectivity index is 1.43. The van der Waals surface area contributed by atoms with E-state index in [9.17, 15) is 13.2 Å². The molecule has 0 saturated carbocycles. The third kappa shape index (κ3) is 6.35. The van der Waals surface area contributed by atoms with Gasteiger partial charge in [0.05, 0.1) is 24.7 Å². The molecule has 0 bridgehead atoms. The molecule has 1 aromatic heterocycles. The van der Waals surface area contributed by atoms with E-state index in [4.69, 9.17) is 9.47 Å². The number of nitrogens with zero attached hydrogens (tertiary/aromatic N) is 4. The van der Waals surface area contributed by atoms with E-state index in [1.807, 2.05) is 63.2 Å². The third-order valence-electron chi connectivity index (χ3n) is 7.82. The van der Waals surface area contributed by atoms with Crippen molar-refractivity contribution in [3.63, 3.8) is 0 Å². The molecule has 1 aliphatic rings. The van der Waals surface area contributed by atoms with Gasteiger partial charge in [-0.2, -0.15) is 4.31 Å². The summed E-state index contributed by atoms with van der Waals surface area (Å²) in [5.74, 6) is 0.571. The molecule has 2 aromatic carbocycles. The van der Waals surface area contributed by atoms with Gasteiger partial charge in [-0.15, -0.1) is 0 Å². The lowest BCUT2D eigenvalue weighted by atomic mass is 10.00. The van der Waals surface area contributed by atoms with Crippen LogP contribution in [-0.4, -0.2) is 87.6 Å². The average molecular weight is 583 g/mol. The van der Waals surface area contributed by atoms with E-state index < -0.39 is 10.0 Å². The molecule has 9 nitrogen and oxygen atoms in total. The van der Waals surface area contributed by atoms with Crippen molar-refractivity contribution in [2.45, 2.75) is 44.8 Å². The van der Waals surface area contributed by atoms with E-state index in [0.717, 1.165) is 28.9 Å². The van der Waals surface area contributed by atoms with Gasteiger partial charge in [0, 0.05) is 44.6 Å². The maximum absolute atomic E-state index is 13.5. The van der Waals surface area contributed by atoms with E-state index in [1.54, 1.807) is 20.1 Å². The lowest BCUT2D eigenvalue weighted by Gasteiger charge is -2.38. The normalized spacial score (nSPS) is 15.4. The second kappa shape index (κ2) is 12.8. The predicted octanol–water partition coefficient (Wildman–Crippen LogP) is 3.75. The summed E-state index contributed by atoms with van der Waals surface area (Å²) >= 11 is 0. The summed E-state index contributed by atoms with van der Waals surface area (Å²) in [5.41, 5.74) is 5.57. The van der Waals surface area contributed by atoms with E-state index in [1.165, 1.54) is 17.0 Å². The summed E-state index contributed by atoms with van der Waals surface area (Å²) < 4.78 is 41.5. The molecule has 10 heteroatoms. The van der Waals surface area contributed by atoms with E-state index >= 15 is 0 Å². The molecule has 3 aromatic rings. The van der Waals surface area contributed by atoms with Crippen molar-refractivity contribution in [1.82, 2.24) is 18.7 Å². The van der Waals surface area contributed by atoms with Crippen molar-refractivity contribution < 1.29 is 22.7 Å². The van der Waals surface area contributed by atoms with Gasteiger partial charge in [-0.05, 0) is 75.3 Å². The molecule has 0 N–H and O–H groups in total. The molecule has 0 saturated heterocycles. The summed E-state index contributed by atoms with van der Waals surface area (Å²) in [6.45, 7) is 7.68. The van der Waals surface area contributed by atoms with E-state index in [-0.39, 0.29) is 36.6 Å². The number of sulfonamides is 1. The Morgan fingerprint density at radius 1 is 1.00 bits per heavy atom. The van der Waals surface area contributed by atoms with Crippen molar-refractivity contribution >= 4 is 15.9 Å². The minimum Gasteiger partial charge on any atom is -0.496 e. The first-order chi connectivity index (χ1) is 19.5. The van der Waals surface area contributed by atoms with Gasteiger partial charge >= 0.3 is 0 Å². The maximum Gasteiger partial charge on any atom is 0.249 e. The number of benzene rings is 2. The molecular weight excluding hydrogens is 540 g/mol. The van der Waals surface area contributed by atoms with Gasteiger partial charge in [0.2, 0.25) is 15.9 Å². The van der Waals surface area contributed by atoms with Crippen LogP contribution in [0, 0.1) is 20.8 Å². The Morgan fingerprint density at radius 2 is 1.71 bits per heavy atom. The Labute approximate surface area is 244 Å². The van der Waals surface area contributed by atoms with Gasteiger partial charge in [-0.3, -0.25) is 4.79 Å². The maximum atomic E-state index is 13.5. The van der Waals surface area contributed by atoms with Crippen molar-refractivity contribution in [1.29, 1.82) is 0 Å². The quantitative estimate of drug-likeness (QED) is 0.320. The Morgan fingerprint density at radius 3 is 2.37 bits per heavy atom. The highest BCUT2D eigenvalue weighted by Crippen LogP contribution is 2.34. The largest absolute Gasteiger partial charge is 0.496 e. The van der Waals surface area contributed by atoms with Crippen LogP contribution in [0.2, 0.25) is 0 Å². The fourth-order valence-corrected chi connectivity index (χ4v) is 7.10. The summed E-state index contributed by atoms with van der Waals surface area (Å²) in [7, 11) is 3.46. The SMILES string of the molecule is COc1c(C)cc(S(=O)(=O)N(C)CCOCC(=O)N2CCn3c(CN(C)C)ccc3C2c2ccccc2)c(C)c1C. The highest BCUT2D eigenvalue weighted by atomic mass is 32.2. The molecule has 1 unspecified atom stereocenters. The Bertz CT molecular complexity index is 1480. The molecule has 0 aliphatic carbocycles. The number of fused-ring (bicyclic) bond motifs is 1. The molecule has 1 amide bonds. The first kappa shape index (κ1) is 30.8. The molecule has 4 rings (SSSR count). The fourth-order valence-electron chi connectivity index (χ4n) is 5.58. The number of carbonyl (C=O) groups excluding carboxylic acids is 1. The fraction of sp³-hybridized carbons (Fsp3) is 0.452. The van der Waals surface area contributed by atoms with E-state index in [2.05, 4.69) is 21.6 Å². The highest BCUT2D eigenvalue weighted by Gasteiger charge is 2.33. The number of methoxy groups -OCH3 is 1. The molecule has 222 valence electrons. The number of hydrogen-bond acceptors (Lipinski definition) is 6. The number of likely N-dealkylation sites (N-methyl/N-ethyl adjacent to an activating group) is 1. The summed E-state index contributed by atoms with van der Waals surface area (Å²) in [6.07, 6.45) is 0. The van der Waals surface area contributed by atoms with E-state index in [0.29, 0.717) is 24.4 Å². The Kier molecular flexibility index (Phi) is 9.59. The zero-order chi connectivity index (χ0) is 29.9. The minimum atomic E-state index is -3.75. The lowest BCUT2D eigenvalue weighted by Crippen LogP contribution is -2.44. The number of aromatic nitrogens is 1. The van der Waals surface area contributed by atoms with Crippen LogP contribution in [0.15, 0.2) is 53.4 Å². The topological polar surface area (TPSA) is 84.3 Å². The van der Waals surface area contributed by atoms with Crippen LogP contribution in [0.4, 0.5) is 0 Å². The number of carbonyl (C=O) groups is 1. The summed E-state index contributed by atoms with van der Waals surface area (Å²) in [6, 6.07) is 15.7. The molecule has 41 heavy (non-hydrogen) atoms. The second-order valence-electron chi connectivity index (χ2n) is 10.9. The highest BCUT2D eigenvalue weighted by molar-refractivity contribution is 7.89. The van der Waals surface area contributed by atoms with Crippen LogP contribution < -0.4 is 4.74 Å². The van der Waals surface area contributed by atoms with Crippen molar-refractivity contribution in [2.24, 2.45) is 0 Å². The molecule has 1 aliphatic heterocycles. The van der Waals surface area contributed by atoms with Crippen LogP contribution >= 0.6 is 0 Å². The molecule has 1 atom stereocenters. The van der Waals surface area contributed by atoms with Crippen LogP contribution in [0.3, 0.4) is 0 Å². The number of rotatable bonds is 11. The van der Waals surface area contributed by atoms with Crippen molar-refractivity contribution in [3.05, 3.63) is 82.2 Å². The van der Waals surface area contributed by atoms with Gasteiger partial charge in [-0.25, -0.2) is 8.42 Å². The molecule has 2 heterocycles. The predicted molar refractivity (Wildman–Crippen MR) is 160 cm³/mol. The van der Waals surface area contributed by atoms with Gasteiger partial charge in [0.1, 0.15) is 12.4 Å². The van der Waals surface area contributed by atoms with Crippen LogP contribution in [0.25, 0.3) is 0 Å². The first-order valence-electron chi connectivity index (χ1n) is 13.8. The van der Waals surface area contributed by atoms with Gasteiger partial charge in [-0.1, -0.05) is 30.3 Å². The zero-order valence-electron chi connectivity index (χ0n) is 25.2. The van der Waals surface area contributed by atoms with Gasteiger partial charge in [0.15, 0.2) is 0 Å². The van der Waals surface area contributed by atoms with Crippen LogP contribution in [0.1, 0.15) is 39.7 Å². The summed E-state index contributed by atoms with van der Waals surface area (Å²) in [5, 5.41) is 0. The Hall–Kier alpha value is -3.18. The molecule has 0 radical (unpaired) electrons. The van der Waals surface area contributed by atoms with Crippen molar-refractivity contribution in [2.75, 3.05) is 54.6 Å².